The molecule has 5 nitrogen and oxygen atoms in total. The van der Waals surface area contributed by atoms with E-state index in [-0.39, 0.29) is 5.82 Å². The summed E-state index contributed by atoms with van der Waals surface area (Å²) in [5.74, 6) is 0.533. The monoisotopic (exact) mass is 353 g/mol. The summed E-state index contributed by atoms with van der Waals surface area (Å²) in [7, 11) is 1.74. The summed E-state index contributed by atoms with van der Waals surface area (Å²) in [6, 6.07) is 9.20. The Balaban J connectivity index is 1.52. The molecule has 2 N–H and O–H groups in total. The van der Waals surface area contributed by atoms with Gasteiger partial charge in [0, 0.05) is 39.0 Å². The first-order chi connectivity index (χ1) is 12.6. The number of nitrogens with zero attached hydrogens (tertiary/aromatic N) is 3. The normalized spacial score (nSPS) is 11.8. The molecule has 26 heavy (non-hydrogen) atoms. The van der Waals surface area contributed by atoms with Gasteiger partial charge in [-0.25, -0.2) is 9.37 Å². The molecule has 0 aliphatic carbocycles. The van der Waals surface area contributed by atoms with Gasteiger partial charge >= 0.3 is 0 Å². The number of hydrogen-bond donors (Lipinski definition) is 2. The number of aromatic nitrogens is 2. The van der Waals surface area contributed by atoms with Crippen molar-refractivity contribution >= 4 is 11.6 Å². The van der Waals surface area contributed by atoms with Crippen LogP contribution in [0, 0.1) is 19.7 Å². The van der Waals surface area contributed by atoms with Crippen molar-refractivity contribution in [3.05, 3.63) is 70.9 Å². The van der Waals surface area contributed by atoms with Crippen LogP contribution in [0.25, 0.3) is 5.65 Å². The van der Waals surface area contributed by atoms with Gasteiger partial charge in [-0.15, -0.1) is 0 Å². The van der Waals surface area contributed by atoms with Gasteiger partial charge in [-0.3, -0.25) is 4.99 Å². The van der Waals surface area contributed by atoms with Crippen LogP contribution in [0.15, 0.2) is 47.7 Å². The topological polar surface area (TPSA) is 53.7 Å². The van der Waals surface area contributed by atoms with Crippen LogP contribution in [-0.2, 0) is 13.0 Å². The summed E-state index contributed by atoms with van der Waals surface area (Å²) in [5.41, 5.74) is 4.86. The number of nitrogens with one attached hydrogen (secondary N) is 2. The van der Waals surface area contributed by atoms with Crippen molar-refractivity contribution in [2.45, 2.75) is 26.8 Å². The Morgan fingerprint density at radius 2 is 2.04 bits per heavy atom. The highest BCUT2D eigenvalue weighted by Crippen LogP contribution is 2.10. The maximum atomic E-state index is 13.3. The first-order valence-electron chi connectivity index (χ1n) is 8.69. The third-order valence-electron chi connectivity index (χ3n) is 4.31. The minimum absolute atomic E-state index is 0.182. The van der Waals surface area contributed by atoms with Gasteiger partial charge in [0.1, 0.15) is 11.5 Å². The predicted octanol–water partition coefficient (Wildman–Crippen LogP) is 3.00. The van der Waals surface area contributed by atoms with E-state index in [2.05, 4.69) is 44.2 Å². The number of fused-ring (bicyclic) bond motifs is 1. The number of rotatable bonds is 5. The standard InChI is InChI=1S/C20H24FN5/c1-14-5-4-10-26-13-17(25-19(14)26)8-9-23-20(22-3)24-12-16-6-7-18(21)15(2)11-16/h4-7,10-11,13H,8-9,12H2,1-3H3,(H2,22,23,24). The third-order valence-corrected chi connectivity index (χ3v) is 4.31. The molecular formula is C20H24FN5. The van der Waals surface area contributed by atoms with E-state index in [1.807, 2.05) is 18.3 Å². The van der Waals surface area contributed by atoms with E-state index in [4.69, 9.17) is 0 Å². The number of imidazole rings is 1. The van der Waals surface area contributed by atoms with Gasteiger partial charge in [-0.2, -0.15) is 0 Å². The zero-order chi connectivity index (χ0) is 18.5. The van der Waals surface area contributed by atoms with Gasteiger partial charge in [0.25, 0.3) is 0 Å². The summed E-state index contributed by atoms with van der Waals surface area (Å²) in [6.45, 7) is 5.15. The molecule has 0 spiro atoms. The number of hydrogen-bond acceptors (Lipinski definition) is 2. The van der Waals surface area contributed by atoms with Gasteiger partial charge in [0.2, 0.25) is 0 Å². The number of benzene rings is 1. The van der Waals surface area contributed by atoms with E-state index in [9.17, 15) is 4.39 Å². The van der Waals surface area contributed by atoms with E-state index >= 15 is 0 Å². The predicted molar refractivity (Wildman–Crippen MR) is 103 cm³/mol. The summed E-state index contributed by atoms with van der Waals surface area (Å²) in [5, 5.41) is 6.53. The Morgan fingerprint density at radius 1 is 1.19 bits per heavy atom. The van der Waals surface area contributed by atoms with Crippen LogP contribution < -0.4 is 10.6 Å². The lowest BCUT2D eigenvalue weighted by molar-refractivity contribution is 0.617. The minimum Gasteiger partial charge on any atom is -0.356 e. The summed E-state index contributed by atoms with van der Waals surface area (Å²) in [6.07, 6.45) is 4.87. The van der Waals surface area contributed by atoms with E-state index in [0.29, 0.717) is 18.1 Å². The number of guanidine groups is 1. The average Bonchev–Trinajstić information content (AvgIpc) is 3.05. The summed E-state index contributed by atoms with van der Waals surface area (Å²) in [4.78, 5) is 8.90. The van der Waals surface area contributed by atoms with Crippen molar-refractivity contribution in [2.75, 3.05) is 13.6 Å². The van der Waals surface area contributed by atoms with Crippen molar-refractivity contribution < 1.29 is 4.39 Å². The second-order valence-corrected chi connectivity index (χ2v) is 6.34. The smallest absolute Gasteiger partial charge is 0.191 e. The molecule has 0 saturated heterocycles. The van der Waals surface area contributed by atoms with E-state index < -0.39 is 0 Å². The molecule has 2 aromatic heterocycles. The molecule has 0 aliphatic heterocycles. The quantitative estimate of drug-likeness (QED) is 0.548. The van der Waals surface area contributed by atoms with Gasteiger partial charge in [0.15, 0.2) is 5.96 Å². The van der Waals surface area contributed by atoms with E-state index in [0.717, 1.165) is 29.9 Å². The molecule has 0 bridgehead atoms. The van der Waals surface area contributed by atoms with Gasteiger partial charge in [-0.05, 0) is 42.7 Å². The number of aryl methyl sites for hydroxylation is 2. The van der Waals surface area contributed by atoms with Gasteiger partial charge < -0.3 is 15.0 Å². The van der Waals surface area contributed by atoms with Gasteiger partial charge in [0.05, 0.1) is 5.69 Å². The average molecular weight is 353 g/mol. The number of pyridine rings is 1. The fourth-order valence-electron chi connectivity index (χ4n) is 2.86. The first kappa shape index (κ1) is 17.9. The molecule has 0 atom stereocenters. The fourth-order valence-corrected chi connectivity index (χ4v) is 2.86. The summed E-state index contributed by atoms with van der Waals surface area (Å²) < 4.78 is 15.4. The Labute approximate surface area is 153 Å². The second kappa shape index (κ2) is 7.99. The van der Waals surface area contributed by atoms with Crippen LogP contribution in [0.4, 0.5) is 4.39 Å². The molecule has 0 unspecified atom stereocenters. The van der Waals surface area contributed by atoms with E-state index in [1.165, 1.54) is 11.6 Å². The maximum absolute atomic E-state index is 13.3. The molecule has 1 aromatic carbocycles. The second-order valence-electron chi connectivity index (χ2n) is 6.34. The molecule has 3 rings (SSSR count). The van der Waals surface area contributed by atoms with E-state index in [1.54, 1.807) is 20.0 Å². The highest BCUT2D eigenvalue weighted by Gasteiger charge is 2.05. The molecule has 3 aromatic rings. The lowest BCUT2D eigenvalue weighted by atomic mass is 10.1. The number of aliphatic imine (C=N–C) groups is 1. The van der Waals surface area contributed by atoms with Crippen LogP contribution in [0.3, 0.4) is 0 Å². The molecule has 6 heteroatoms. The maximum Gasteiger partial charge on any atom is 0.191 e. The first-order valence-corrected chi connectivity index (χ1v) is 8.69. The molecule has 0 amide bonds. The Kier molecular flexibility index (Phi) is 5.51. The fraction of sp³-hybridized carbons (Fsp3) is 0.300. The van der Waals surface area contributed by atoms with Crippen molar-refractivity contribution in [1.82, 2.24) is 20.0 Å². The lowest BCUT2D eigenvalue weighted by Crippen LogP contribution is -2.37. The summed E-state index contributed by atoms with van der Waals surface area (Å²) >= 11 is 0. The van der Waals surface area contributed by atoms with Crippen molar-refractivity contribution in [3.63, 3.8) is 0 Å². The highest BCUT2D eigenvalue weighted by molar-refractivity contribution is 5.79. The van der Waals surface area contributed by atoms with Gasteiger partial charge in [-0.1, -0.05) is 18.2 Å². The Morgan fingerprint density at radius 3 is 2.77 bits per heavy atom. The minimum atomic E-state index is -0.182. The van der Waals surface area contributed by atoms with Crippen LogP contribution in [0.2, 0.25) is 0 Å². The van der Waals surface area contributed by atoms with Crippen LogP contribution in [0.1, 0.15) is 22.4 Å². The van der Waals surface area contributed by atoms with Crippen molar-refractivity contribution in [1.29, 1.82) is 0 Å². The molecule has 0 fully saturated rings. The van der Waals surface area contributed by atoms with Crippen molar-refractivity contribution in [3.8, 4) is 0 Å². The molecule has 136 valence electrons. The van der Waals surface area contributed by atoms with Crippen LogP contribution >= 0.6 is 0 Å². The number of halogens is 1. The molecule has 0 radical (unpaired) electrons. The van der Waals surface area contributed by atoms with Crippen LogP contribution in [0.5, 0.6) is 0 Å². The molecule has 2 heterocycles. The molecule has 0 aliphatic rings. The third kappa shape index (κ3) is 4.20. The Bertz CT molecular complexity index is 929. The lowest BCUT2D eigenvalue weighted by Gasteiger charge is -2.12. The van der Waals surface area contributed by atoms with Crippen molar-refractivity contribution in [2.24, 2.45) is 4.99 Å². The SMILES string of the molecule is CN=C(NCCc1cn2cccc(C)c2n1)NCc1ccc(F)c(C)c1. The molecule has 0 saturated carbocycles. The highest BCUT2D eigenvalue weighted by atomic mass is 19.1. The Hall–Kier alpha value is -2.89. The molecular weight excluding hydrogens is 329 g/mol. The zero-order valence-corrected chi connectivity index (χ0v) is 15.4. The zero-order valence-electron chi connectivity index (χ0n) is 15.4. The largest absolute Gasteiger partial charge is 0.356 e. The van der Waals surface area contributed by atoms with Crippen LogP contribution in [-0.4, -0.2) is 28.9 Å².